The first-order valence-corrected chi connectivity index (χ1v) is 7.15. The van der Waals surface area contributed by atoms with Crippen LogP contribution in [0.2, 0.25) is 0 Å². The molecule has 0 spiro atoms. The van der Waals surface area contributed by atoms with Gasteiger partial charge in [-0.2, -0.15) is 0 Å². The third-order valence-corrected chi connectivity index (χ3v) is 3.89. The second kappa shape index (κ2) is 5.39. The van der Waals surface area contributed by atoms with E-state index in [2.05, 4.69) is 5.09 Å². The summed E-state index contributed by atoms with van der Waals surface area (Å²) in [6.07, 6.45) is 0. The first-order valence-electron chi connectivity index (χ1n) is 5.97. The molecule has 1 aliphatic rings. The van der Waals surface area contributed by atoms with Gasteiger partial charge in [-0.3, -0.25) is 5.09 Å². The van der Waals surface area contributed by atoms with E-state index in [-0.39, 0.29) is 5.97 Å². The zero-order valence-corrected chi connectivity index (χ0v) is 11.6. The fraction of sp³-hybridized carbons (Fsp3) is 0.0714. The summed E-state index contributed by atoms with van der Waals surface area (Å²) in [5.74, 6) is 0.797. The molecule has 0 aromatic heterocycles. The number of para-hydroxylation sites is 3. The van der Waals surface area contributed by atoms with Crippen LogP contribution in [0.15, 0.2) is 48.5 Å². The van der Waals surface area contributed by atoms with E-state index in [1.165, 1.54) is 0 Å². The summed E-state index contributed by atoms with van der Waals surface area (Å²) in [6, 6.07) is 14.4. The van der Waals surface area contributed by atoms with Gasteiger partial charge in [0.15, 0.2) is 0 Å². The number of rotatable bonds is 3. The minimum atomic E-state index is -1.58. The molecule has 0 bridgehead atoms. The summed E-state index contributed by atoms with van der Waals surface area (Å²) >= 11 is 0. The highest BCUT2D eigenvalue weighted by atomic mass is 31.2. The van der Waals surface area contributed by atoms with Crippen molar-refractivity contribution in [1.29, 1.82) is 0 Å². The second-order valence-corrected chi connectivity index (χ2v) is 5.14. The molecule has 3 rings (SSSR count). The van der Waals surface area contributed by atoms with E-state index in [1.807, 2.05) is 30.3 Å². The van der Waals surface area contributed by atoms with E-state index < -0.39 is 8.53 Å². The van der Waals surface area contributed by atoms with Crippen LogP contribution < -0.4 is 14.3 Å². The molecule has 1 N–H and O–H groups in total. The van der Waals surface area contributed by atoms with Gasteiger partial charge in [-0.15, -0.1) is 0 Å². The van der Waals surface area contributed by atoms with Crippen molar-refractivity contribution in [2.24, 2.45) is 0 Å². The van der Waals surface area contributed by atoms with Crippen LogP contribution in [0.3, 0.4) is 0 Å². The standard InChI is InChI=1S/C14H12NO4P/c1-17-13-9-5-3-7-11(13)15-20-18-12-8-4-2-6-10(12)14(16)19-20/h2-9,15H,1H3. The SMILES string of the molecule is COc1ccccc1NP1OC(=O)c2ccccc2O1. The quantitative estimate of drug-likeness (QED) is 0.875. The molecule has 1 unspecified atom stereocenters. The van der Waals surface area contributed by atoms with Gasteiger partial charge in [-0.25, -0.2) is 4.79 Å². The molecule has 5 nitrogen and oxygen atoms in total. The molecular formula is C14H12NO4P. The van der Waals surface area contributed by atoms with E-state index in [0.29, 0.717) is 22.7 Å². The maximum absolute atomic E-state index is 11.9. The van der Waals surface area contributed by atoms with Crippen molar-refractivity contribution in [2.45, 2.75) is 0 Å². The van der Waals surface area contributed by atoms with Crippen LogP contribution in [0.4, 0.5) is 5.69 Å². The van der Waals surface area contributed by atoms with Crippen molar-refractivity contribution in [2.75, 3.05) is 12.2 Å². The molecule has 1 heterocycles. The lowest BCUT2D eigenvalue weighted by Crippen LogP contribution is -2.15. The lowest BCUT2D eigenvalue weighted by atomic mass is 10.2. The van der Waals surface area contributed by atoms with Crippen LogP contribution in [-0.2, 0) is 4.52 Å². The van der Waals surface area contributed by atoms with E-state index in [1.54, 1.807) is 25.3 Å². The van der Waals surface area contributed by atoms with Crippen molar-refractivity contribution in [1.82, 2.24) is 0 Å². The number of fused-ring (bicyclic) bond motifs is 1. The molecule has 0 fully saturated rings. The number of hydrogen-bond donors (Lipinski definition) is 1. The minimum absolute atomic E-state index is 0.389. The average molecular weight is 289 g/mol. The Morgan fingerprint density at radius 3 is 2.65 bits per heavy atom. The smallest absolute Gasteiger partial charge is 0.416 e. The van der Waals surface area contributed by atoms with Gasteiger partial charge in [0.05, 0.1) is 12.8 Å². The first-order chi connectivity index (χ1) is 9.78. The average Bonchev–Trinajstić information content (AvgIpc) is 2.48. The van der Waals surface area contributed by atoms with Crippen molar-refractivity contribution in [3.05, 3.63) is 54.1 Å². The number of nitrogens with one attached hydrogen (secondary N) is 1. The topological polar surface area (TPSA) is 56.8 Å². The van der Waals surface area contributed by atoms with Crippen molar-refractivity contribution in [3.8, 4) is 11.5 Å². The molecular weight excluding hydrogens is 277 g/mol. The minimum Gasteiger partial charge on any atom is -0.495 e. The summed E-state index contributed by atoms with van der Waals surface area (Å²) in [4.78, 5) is 11.9. The van der Waals surface area contributed by atoms with Crippen LogP contribution in [0, 0.1) is 0 Å². The molecule has 6 heteroatoms. The van der Waals surface area contributed by atoms with E-state index in [9.17, 15) is 4.79 Å². The molecule has 0 radical (unpaired) electrons. The molecule has 20 heavy (non-hydrogen) atoms. The predicted octanol–water partition coefficient (Wildman–Crippen LogP) is 3.58. The number of carbonyl (C=O) groups is 1. The Morgan fingerprint density at radius 1 is 1.05 bits per heavy atom. The number of ether oxygens (including phenoxy) is 1. The highest BCUT2D eigenvalue weighted by Crippen LogP contribution is 2.47. The summed E-state index contributed by atoms with van der Waals surface area (Å²) in [5.41, 5.74) is 1.15. The monoisotopic (exact) mass is 289 g/mol. The molecule has 1 aliphatic heterocycles. The van der Waals surface area contributed by atoms with E-state index >= 15 is 0 Å². The van der Waals surface area contributed by atoms with Crippen LogP contribution in [0.5, 0.6) is 11.5 Å². The Labute approximate surface area is 117 Å². The third kappa shape index (κ3) is 2.40. The van der Waals surface area contributed by atoms with Crippen LogP contribution >= 0.6 is 8.53 Å². The number of carbonyl (C=O) groups excluding carboxylic acids is 1. The lowest BCUT2D eigenvalue weighted by molar-refractivity contribution is 0.0723. The van der Waals surface area contributed by atoms with Gasteiger partial charge in [0.1, 0.15) is 17.1 Å². The van der Waals surface area contributed by atoms with E-state index in [4.69, 9.17) is 13.8 Å². The summed E-state index contributed by atoms with van der Waals surface area (Å²) < 4.78 is 16.1. The molecule has 0 amide bonds. The molecule has 0 saturated carbocycles. The van der Waals surface area contributed by atoms with Gasteiger partial charge in [0.25, 0.3) is 0 Å². The van der Waals surface area contributed by atoms with Crippen molar-refractivity contribution in [3.63, 3.8) is 0 Å². The third-order valence-electron chi connectivity index (χ3n) is 2.77. The van der Waals surface area contributed by atoms with Crippen molar-refractivity contribution >= 4 is 20.2 Å². The predicted molar refractivity (Wildman–Crippen MR) is 76.0 cm³/mol. The van der Waals surface area contributed by atoms with Crippen LogP contribution in [0.25, 0.3) is 0 Å². The Morgan fingerprint density at radius 2 is 1.80 bits per heavy atom. The molecule has 102 valence electrons. The Balaban J connectivity index is 1.82. The maximum atomic E-state index is 11.9. The molecule has 1 atom stereocenters. The Kier molecular flexibility index (Phi) is 3.44. The summed E-state index contributed by atoms with van der Waals surface area (Å²) in [7, 11) is 0.00474. The number of methoxy groups -OCH3 is 1. The van der Waals surface area contributed by atoms with Gasteiger partial charge in [-0.1, -0.05) is 24.3 Å². The Hall–Kier alpha value is -2.26. The normalized spacial score (nSPS) is 16.6. The fourth-order valence-corrected chi connectivity index (χ4v) is 2.93. The zero-order valence-electron chi connectivity index (χ0n) is 10.7. The Bertz CT molecular complexity index is 647. The number of hydrogen-bond acceptors (Lipinski definition) is 5. The fourth-order valence-electron chi connectivity index (χ4n) is 1.83. The van der Waals surface area contributed by atoms with Crippen LogP contribution in [0.1, 0.15) is 10.4 Å². The molecule has 0 saturated heterocycles. The largest absolute Gasteiger partial charge is 0.495 e. The first kappa shape index (κ1) is 12.8. The highest BCUT2D eigenvalue weighted by molar-refractivity contribution is 7.50. The van der Waals surface area contributed by atoms with Gasteiger partial charge in [-0.05, 0) is 24.3 Å². The number of benzene rings is 2. The molecule has 0 aliphatic carbocycles. The van der Waals surface area contributed by atoms with Crippen molar-refractivity contribution < 1.29 is 18.6 Å². The molecule has 2 aromatic rings. The zero-order chi connectivity index (χ0) is 13.9. The van der Waals surface area contributed by atoms with Gasteiger partial charge in [0.2, 0.25) is 0 Å². The summed E-state index contributed by atoms with van der Waals surface area (Å²) in [5, 5.41) is 3.05. The van der Waals surface area contributed by atoms with Crippen LogP contribution in [-0.4, -0.2) is 13.1 Å². The number of anilines is 1. The molecule has 2 aromatic carbocycles. The van der Waals surface area contributed by atoms with Gasteiger partial charge < -0.3 is 13.8 Å². The second-order valence-electron chi connectivity index (χ2n) is 4.04. The highest BCUT2D eigenvalue weighted by Gasteiger charge is 2.29. The van der Waals surface area contributed by atoms with E-state index in [0.717, 1.165) is 0 Å². The summed E-state index contributed by atoms with van der Waals surface area (Å²) in [6.45, 7) is 0. The van der Waals surface area contributed by atoms with Gasteiger partial charge in [0, 0.05) is 0 Å². The maximum Gasteiger partial charge on any atom is 0.416 e. The van der Waals surface area contributed by atoms with Gasteiger partial charge >= 0.3 is 14.5 Å². The lowest BCUT2D eigenvalue weighted by Gasteiger charge is -2.24.